The highest BCUT2D eigenvalue weighted by atomic mass is 79.9. The lowest BCUT2D eigenvalue weighted by Gasteiger charge is -2.29. The fourth-order valence-corrected chi connectivity index (χ4v) is 3.30. The number of rotatable bonds is 4. The van der Waals surface area contributed by atoms with Crippen LogP contribution in [0.4, 0.5) is 0 Å². The van der Waals surface area contributed by atoms with Crippen molar-refractivity contribution in [2.24, 2.45) is 0 Å². The van der Waals surface area contributed by atoms with Crippen molar-refractivity contribution in [2.75, 3.05) is 6.54 Å². The first kappa shape index (κ1) is 18.3. The molecule has 0 aliphatic heterocycles. The van der Waals surface area contributed by atoms with Crippen molar-refractivity contribution in [2.45, 2.75) is 19.9 Å². The van der Waals surface area contributed by atoms with Crippen LogP contribution in [0, 0.1) is 11.3 Å². The fourth-order valence-electron chi connectivity index (χ4n) is 2.49. The van der Waals surface area contributed by atoms with Crippen molar-refractivity contribution >= 4 is 33.4 Å². The van der Waals surface area contributed by atoms with Crippen LogP contribution in [0.5, 0.6) is 5.75 Å². The summed E-state index contributed by atoms with van der Waals surface area (Å²) in [6.45, 7) is 4.23. The number of phenolic OH excluding ortho intramolecular Hbond substituents is 1. The van der Waals surface area contributed by atoms with E-state index in [-0.39, 0.29) is 23.3 Å². The normalized spacial score (nSPS) is 11.6. The molecule has 0 radical (unpaired) electrons. The van der Waals surface area contributed by atoms with Gasteiger partial charge in [-0.25, -0.2) is 0 Å². The number of nitriles is 1. The second-order valence-electron chi connectivity index (χ2n) is 5.28. The summed E-state index contributed by atoms with van der Waals surface area (Å²) in [5.41, 5.74) is 1.62. The highest BCUT2D eigenvalue weighted by molar-refractivity contribution is 9.10. The zero-order chi connectivity index (χ0) is 17.9. The molecule has 2 rings (SSSR count). The lowest BCUT2D eigenvalue weighted by Crippen LogP contribution is -2.33. The minimum atomic E-state index is -0.310. The van der Waals surface area contributed by atoms with Crippen LogP contribution in [0.2, 0.25) is 5.02 Å². The maximum Gasteiger partial charge on any atom is 0.258 e. The van der Waals surface area contributed by atoms with Gasteiger partial charge in [0, 0.05) is 11.6 Å². The fraction of sp³-hybridized carbons (Fsp3) is 0.222. The van der Waals surface area contributed by atoms with Crippen LogP contribution in [-0.4, -0.2) is 22.5 Å². The molecule has 0 unspecified atom stereocenters. The first-order valence-corrected chi connectivity index (χ1v) is 8.55. The first-order valence-electron chi connectivity index (χ1n) is 7.38. The molecule has 6 heteroatoms. The van der Waals surface area contributed by atoms with E-state index >= 15 is 0 Å². The monoisotopic (exact) mass is 406 g/mol. The predicted octanol–water partition coefficient (Wildman–Crippen LogP) is 4.90. The number of phenols is 1. The second kappa shape index (κ2) is 7.69. The minimum absolute atomic E-state index is 0.130. The van der Waals surface area contributed by atoms with Gasteiger partial charge in [-0.15, -0.1) is 0 Å². The molecule has 0 spiro atoms. The number of carbonyl (C=O) groups excluding carboxylic acids is 1. The molecule has 0 saturated carbocycles. The zero-order valence-corrected chi connectivity index (χ0v) is 15.6. The van der Waals surface area contributed by atoms with Gasteiger partial charge in [0.05, 0.1) is 27.7 Å². The first-order chi connectivity index (χ1) is 11.4. The number of hydrogen-bond acceptors (Lipinski definition) is 3. The van der Waals surface area contributed by atoms with E-state index in [2.05, 4.69) is 22.0 Å². The highest BCUT2D eigenvalue weighted by Crippen LogP contribution is 2.33. The molecule has 2 aromatic rings. The van der Waals surface area contributed by atoms with E-state index in [0.717, 1.165) is 5.56 Å². The summed E-state index contributed by atoms with van der Waals surface area (Å²) in [5.74, 6) is -0.440. The van der Waals surface area contributed by atoms with Gasteiger partial charge >= 0.3 is 0 Å². The van der Waals surface area contributed by atoms with Crippen LogP contribution >= 0.6 is 27.5 Å². The van der Waals surface area contributed by atoms with Gasteiger partial charge in [0.2, 0.25) is 0 Å². The summed E-state index contributed by atoms with van der Waals surface area (Å²) in [7, 11) is 0. The molecule has 0 aromatic heterocycles. The molecule has 124 valence electrons. The summed E-state index contributed by atoms with van der Waals surface area (Å²) < 4.78 is 0.375. The molecule has 1 amide bonds. The SMILES string of the molecule is CCN(C(=O)c1cc(Cl)cc(Br)c1O)[C@H](C)c1ccc(C#N)cc1. The number of halogens is 2. The lowest BCUT2D eigenvalue weighted by molar-refractivity contribution is 0.0699. The van der Waals surface area contributed by atoms with Crippen molar-refractivity contribution in [3.8, 4) is 11.8 Å². The van der Waals surface area contributed by atoms with Crippen LogP contribution in [0.3, 0.4) is 0 Å². The summed E-state index contributed by atoms with van der Waals surface area (Å²) in [5, 5.41) is 19.4. The Morgan fingerprint density at radius 2 is 2.00 bits per heavy atom. The van der Waals surface area contributed by atoms with Crippen LogP contribution < -0.4 is 0 Å². The Morgan fingerprint density at radius 1 is 1.38 bits per heavy atom. The Kier molecular flexibility index (Phi) is 5.87. The molecule has 24 heavy (non-hydrogen) atoms. The van der Waals surface area contributed by atoms with E-state index in [0.29, 0.717) is 21.6 Å². The van der Waals surface area contributed by atoms with Gasteiger partial charge in [-0.3, -0.25) is 4.79 Å². The van der Waals surface area contributed by atoms with Crippen LogP contribution in [0.15, 0.2) is 40.9 Å². The molecule has 0 fully saturated rings. The Bertz CT molecular complexity index is 800. The van der Waals surface area contributed by atoms with Crippen LogP contribution in [-0.2, 0) is 0 Å². The molecule has 4 nitrogen and oxygen atoms in total. The third-order valence-corrected chi connectivity index (χ3v) is 4.67. The molecule has 0 saturated heterocycles. The largest absolute Gasteiger partial charge is 0.506 e. The van der Waals surface area contributed by atoms with Crippen LogP contribution in [0.1, 0.15) is 41.4 Å². The number of amides is 1. The number of benzene rings is 2. The average Bonchev–Trinajstić information content (AvgIpc) is 2.58. The Balaban J connectivity index is 2.36. The molecule has 0 aliphatic carbocycles. The summed E-state index contributed by atoms with van der Waals surface area (Å²) in [4.78, 5) is 14.5. The van der Waals surface area contributed by atoms with E-state index in [1.807, 2.05) is 26.0 Å². The summed E-state index contributed by atoms with van der Waals surface area (Å²) in [6, 6.07) is 11.9. The molecule has 2 aromatic carbocycles. The average molecular weight is 408 g/mol. The number of carbonyl (C=O) groups is 1. The lowest BCUT2D eigenvalue weighted by atomic mass is 10.0. The van der Waals surface area contributed by atoms with E-state index in [1.54, 1.807) is 17.0 Å². The van der Waals surface area contributed by atoms with Crippen molar-refractivity contribution in [3.05, 3.63) is 62.6 Å². The second-order valence-corrected chi connectivity index (χ2v) is 6.58. The van der Waals surface area contributed by atoms with Crippen LogP contribution in [0.25, 0.3) is 0 Å². The van der Waals surface area contributed by atoms with Gasteiger partial charge in [0.15, 0.2) is 0 Å². The zero-order valence-electron chi connectivity index (χ0n) is 13.3. The van der Waals surface area contributed by atoms with Crippen molar-refractivity contribution in [1.29, 1.82) is 5.26 Å². The highest BCUT2D eigenvalue weighted by Gasteiger charge is 2.25. The molecule has 0 bridgehead atoms. The van der Waals surface area contributed by atoms with E-state index in [1.165, 1.54) is 12.1 Å². The number of aromatic hydroxyl groups is 1. The third kappa shape index (κ3) is 3.72. The maximum absolute atomic E-state index is 12.9. The predicted molar refractivity (Wildman–Crippen MR) is 97.1 cm³/mol. The maximum atomic E-state index is 12.9. The molecule has 1 atom stereocenters. The van der Waals surface area contributed by atoms with Gasteiger partial charge in [0.1, 0.15) is 5.75 Å². The van der Waals surface area contributed by atoms with Crippen molar-refractivity contribution < 1.29 is 9.90 Å². The minimum Gasteiger partial charge on any atom is -0.506 e. The van der Waals surface area contributed by atoms with Crippen molar-refractivity contribution in [1.82, 2.24) is 4.90 Å². The van der Waals surface area contributed by atoms with Gasteiger partial charge in [-0.1, -0.05) is 23.7 Å². The number of nitrogens with zero attached hydrogens (tertiary/aromatic N) is 2. The standard InChI is InChI=1S/C18H16BrClN2O2/c1-3-22(11(2)13-6-4-12(10-21)5-7-13)18(24)15-8-14(20)9-16(19)17(15)23/h4-9,11,23H,3H2,1-2H3/t11-/m1/s1. The molecule has 0 aliphatic rings. The van der Waals surface area contributed by atoms with E-state index in [9.17, 15) is 9.90 Å². The Morgan fingerprint density at radius 3 is 2.54 bits per heavy atom. The van der Waals surface area contributed by atoms with Gasteiger partial charge in [-0.05, 0) is 59.6 Å². The Labute approximate surface area is 154 Å². The van der Waals surface area contributed by atoms with Gasteiger partial charge < -0.3 is 10.0 Å². The Hall–Kier alpha value is -2.03. The van der Waals surface area contributed by atoms with Crippen molar-refractivity contribution in [3.63, 3.8) is 0 Å². The molecular formula is C18H16BrClN2O2. The molecular weight excluding hydrogens is 392 g/mol. The van der Waals surface area contributed by atoms with E-state index < -0.39 is 0 Å². The molecule has 0 heterocycles. The summed E-state index contributed by atoms with van der Waals surface area (Å²) >= 11 is 9.20. The third-order valence-electron chi connectivity index (χ3n) is 3.85. The number of hydrogen-bond donors (Lipinski definition) is 1. The van der Waals surface area contributed by atoms with Gasteiger partial charge in [-0.2, -0.15) is 5.26 Å². The van der Waals surface area contributed by atoms with Gasteiger partial charge in [0.25, 0.3) is 5.91 Å². The van der Waals surface area contributed by atoms with E-state index in [4.69, 9.17) is 16.9 Å². The topological polar surface area (TPSA) is 64.3 Å². The smallest absolute Gasteiger partial charge is 0.258 e. The molecule has 1 N–H and O–H groups in total. The summed E-state index contributed by atoms with van der Waals surface area (Å²) in [6.07, 6.45) is 0. The quantitative estimate of drug-likeness (QED) is 0.783.